The van der Waals surface area contributed by atoms with E-state index in [1.165, 1.54) is 0 Å². The van der Waals surface area contributed by atoms with Crippen LogP contribution in [-0.2, 0) is 4.79 Å². The van der Waals surface area contributed by atoms with Gasteiger partial charge in [-0.1, -0.05) is 12.1 Å². The second kappa shape index (κ2) is 4.22. The summed E-state index contributed by atoms with van der Waals surface area (Å²) in [4.78, 5) is 11.8. The van der Waals surface area contributed by atoms with Crippen molar-refractivity contribution < 1.29 is 13.9 Å². The lowest BCUT2D eigenvalue weighted by molar-refractivity contribution is -0.116. The molecule has 1 aliphatic heterocycles. The summed E-state index contributed by atoms with van der Waals surface area (Å²) in [7, 11) is 1.60. The van der Waals surface area contributed by atoms with Crippen molar-refractivity contribution in [1.29, 1.82) is 0 Å². The Labute approximate surface area is 105 Å². The molecule has 1 unspecified atom stereocenters. The van der Waals surface area contributed by atoms with Gasteiger partial charge in [-0.05, 0) is 23.8 Å². The van der Waals surface area contributed by atoms with Crippen molar-refractivity contribution in [3.05, 3.63) is 47.9 Å². The zero-order valence-electron chi connectivity index (χ0n) is 9.97. The van der Waals surface area contributed by atoms with Crippen molar-refractivity contribution in [2.24, 2.45) is 0 Å². The van der Waals surface area contributed by atoms with Gasteiger partial charge in [0, 0.05) is 6.42 Å². The van der Waals surface area contributed by atoms with Crippen LogP contribution >= 0.6 is 0 Å². The molecule has 3 rings (SSSR count). The van der Waals surface area contributed by atoms with Gasteiger partial charge in [0.2, 0.25) is 5.91 Å². The normalized spacial score (nSPS) is 18.1. The van der Waals surface area contributed by atoms with Gasteiger partial charge >= 0.3 is 0 Å². The maximum absolute atomic E-state index is 11.8. The van der Waals surface area contributed by atoms with Crippen LogP contribution in [0.4, 0.5) is 5.69 Å². The number of furan rings is 1. The molecule has 2 aromatic rings. The number of carbonyl (C=O) groups is 1. The van der Waals surface area contributed by atoms with Crippen LogP contribution in [0.5, 0.6) is 5.75 Å². The van der Waals surface area contributed by atoms with Gasteiger partial charge in [0.05, 0.1) is 25.0 Å². The van der Waals surface area contributed by atoms with Crippen LogP contribution in [0.25, 0.3) is 0 Å². The molecule has 1 amide bonds. The maximum Gasteiger partial charge on any atom is 0.225 e. The predicted octanol–water partition coefficient (Wildman–Crippen LogP) is 2.76. The molecule has 18 heavy (non-hydrogen) atoms. The number of methoxy groups -OCH3 is 1. The summed E-state index contributed by atoms with van der Waals surface area (Å²) in [6.07, 6.45) is 2.02. The van der Waals surface area contributed by atoms with Crippen molar-refractivity contribution in [2.75, 3.05) is 12.4 Å². The molecule has 0 radical (unpaired) electrons. The molecule has 0 saturated heterocycles. The molecule has 0 aliphatic carbocycles. The summed E-state index contributed by atoms with van der Waals surface area (Å²) >= 11 is 0. The number of fused-ring (bicyclic) bond motifs is 1. The van der Waals surface area contributed by atoms with Crippen molar-refractivity contribution in [3.8, 4) is 5.75 Å². The van der Waals surface area contributed by atoms with Crippen molar-refractivity contribution in [2.45, 2.75) is 12.3 Å². The smallest absolute Gasteiger partial charge is 0.225 e. The fourth-order valence-corrected chi connectivity index (χ4v) is 2.37. The maximum atomic E-state index is 11.8. The number of rotatable bonds is 2. The molecule has 0 bridgehead atoms. The highest BCUT2D eigenvalue weighted by Gasteiger charge is 2.29. The van der Waals surface area contributed by atoms with Crippen molar-refractivity contribution >= 4 is 11.6 Å². The first-order valence-corrected chi connectivity index (χ1v) is 5.79. The molecular weight excluding hydrogens is 230 g/mol. The minimum absolute atomic E-state index is 0.0200. The molecule has 1 N–H and O–H groups in total. The summed E-state index contributed by atoms with van der Waals surface area (Å²) < 4.78 is 10.7. The summed E-state index contributed by atoms with van der Waals surface area (Å²) in [5, 5.41) is 2.87. The molecular formula is C14H13NO3. The molecule has 1 aromatic carbocycles. The van der Waals surface area contributed by atoms with Crippen LogP contribution in [0.15, 0.2) is 41.0 Å². The molecule has 4 nitrogen and oxygen atoms in total. The van der Waals surface area contributed by atoms with E-state index in [1.54, 1.807) is 13.4 Å². The topological polar surface area (TPSA) is 51.5 Å². The summed E-state index contributed by atoms with van der Waals surface area (Å²) in [5.74, 6) is 1.42. The SMILES string of the molecule is COc1cccc2c1NC(=O)CC2c1ccco1. The highest BCUT2D eigenvalue weighted by molar-refractivity contribution is 5.97. The Hall–Kier alpha value is -2.23. The van der Waals surface area contributed by atoms with E-state index >= 15 is 0 Å². The van der Waals surface area contributed by atoms with Crippen LogP contribution < -0.4 is 10.1 Å². The zero-order chi connectivity index (χ0) is 12.5. The molecule has 2 heterocycles. The lowest BCUT2D eigenvalue weighted by Crippen LogP contribution is -2.23. The second-order valence-electron chi connectivity index (χ2n) is 4.24. The molecule has 0 fully saturated rings. The molecule has 1 aliphatic rings. The van der Waals surface area contributed by atoms with E-state index in [0.29, 0.717) is 12.2 Å². The quantitative estimate of drug-likeness (QED) is 0.882. The fourth-order valence-electron chi connectivity index (χ4n) is 2.37. The Balaban J connectivity index is 2.13. The molecule has 92 valence electrons. The molecule has 1 atom stereocenters. The predicted molar refractivity (Wildman–Crippen MR) is 66.8 cm³/mol. The number of nitrogens with one attached hydrogen (secondary N) is 1. The monoisotopic (exact) mass is 243 g/mol. The van der Waals surface area contributed by atoms with Gasteiger partial charge in [-0.15, -0.1) is 0 Å². The van der Waals surface area contributed by atoms with Crippen LogP contribution in [0, 0.1) is 0 Å². The fraction of sp³-hybridized carbons (Fsp3) is 0.214. The number of carbonyl (C=O) groups excluding carboxylic acids is 1. The average Bonchev–Trinajstić information content (AvgIpc) is 2.90. The van der Waals surface area contributed by atoms with E-state index in [1.807, 2.05) is 30.3 Å². The summed E-state index contributed by atoms with van der Waals surface area (Å²) in [6.45, 7) is 0. The molecule has 0 saturated carbocycles. The lowest BCUT2D eigenvalue weighted by atomic mass is 9.88. The Morgan fingerprint density at radius 3 is 2.94 bits per heavy atom. The Morgan fingerprint density at radius 1 is 1.33 bits per heavy atom. The van der Waals surface area contributed by atoms with Gasteiger partial charge in [0.15, 0.2) is 0 Å². The minimum atomic E-state index is -0.0427. The first-order chi connectivity index (χ1) is 8.79. The van der Waals surface area contributed by atoms with Gasteiger partial charge in [-0.3, -0.25) is 4.79 Å². The number of benzene rings is 1. The van der Waals surface area contributed by atoms with Gasteiger partial charge in [-0.2, -0.15) is 0 Å². The number of para-hydroxylation sites is 1. The molecule has 1 aromatic heterocycles. The first kappa shape index (κ1) is 10.9. The van der Waals surface area contributed by atoms with E-state index in [9.17, 15) is 4.79 Å². The van der Waals surface area contributed by atoms with Crippen LogP contribution in [-0.4, -0.2) is 13.0 Å². The number of ether oxygens (including phenoxy) is 1. The number of anilines is 1. The van der Waals surface area contributed by atoms with E-state index < -0.39 is 0 Å². The highest BCUT2D eigenvalue weighted by Crippen LogP contribution is 2.41. The number of hydrogen-bond acceptors (Lipinski definition) is 3. The third-order valence-electron chi connectivity index (χ3n) is 3.19. The minimum Gasteiger partial charge on any atom is -0.495 e. The van der Waals surface area contributed by atoms with Gasteiger partial charge in [0.1, 0.15) is 11.5 Å². The van der Waals surface area contributed by atoms with Gasteiger partial charge in [0.25, 0.3) is 0 Å². The van der Waals surface area contributed by atoms with E-state index in [0.717, 1.165) is 17.0 Å². The zero-order valence-corrected chi connectivity index (χ0v) is 9.97. The van der Waals surface area contributed by atoms with E-state index in [2.05, 4.69) is 5.32 Å². The average molecular weight is 243 g/mol. The van der Waals surface area contributed by atoms with Crippen LogP contribution in [0.1, 0.15) is 23.7 Å². The number of amides is 1. The van der Waals surface area contributed by atoms with Crippen LogP contribution in [0.2, 0.25) is 0 Å². The standard InChI is InChI=1S/C14H13NO3/c1-17-12-5-2-4-9-10(11-6-3-7-18-11)8-13(16)15-14(9)12/h2-7,10H,8H2,1H3,(H,15,16). The third-order valence-corrected chi connectivity index (χ3v) is 3.19. The van der Waals surface area contributed by atoms with Crippen molar-refractivity contribution in [1.82, 2.24) is 0 Å². The highest BCUT2D eigenvalue weighted by atomic mass is 16.5. The van der Waals surface area contributed by atoms with E-state index in [4.69, 9.17) is 9.15 Å². The lowest BCUT2D eigenvalue weighted by Gasteiger charge is -2.25. The first-order valence-electron chi connectivity index (χ1n) is 5.79. The largest absolute Gasteiger partial charge is 0.495 e. The summed E-state index contributed by atoms with van der Waals surface area (Å²) in [5.41, 5.74) is 1.78. The Morgan fingerprint density at radius 2 is 2.22 bits per heavy atom. The molecule has 4 heteroatoms. The van der Waals surface area contributed by atoms with Gasteiger partial charge in [-0.25, -0.2) is 0 Å². The van der Waals surface area contributed by atoms with E-state index in [-0.39, 0.29) is 11.8 Å². The van der Waals surface area contributed by atoms with Crippen molar-refractivity contribution in [3.63, 3.8) is 0 Å². The Kier molecular flexibility index (Phi) is 2.55. The van der Waals surface area contributed by atoms with Gasteiger partial charge < -0.3 is 14.5 Å². The Bertz CT molecular complexity index is 575. The second-order valence-corrected chi connectivity index (χ2v) is 4.24. The third kappa shape index (κ3) is 1.66. The number of hydrogen-bond donors (Lipinski definition) is 1. The van der Waals surface area contributed by atoms with Crippen LogP contribution in [0.3, 0.4) is 0 Å². The summed E-state index contributed by atoms with van der Waals surface area (Å²) in [6, 6.07) is 9.48. The molecule has 0 spiro atoms.